The molecule has 0 unspecified atom stereocenters. The van der Waals surface area contributed by atoms with Crippen LogP contribution in [0, 0.1) is 0 Å². The third kappa shape index (κ3) is 2.43. The van der Waals surface area contributed by atoms with Crippen molar-refractivity contribution in [2.75, 3.05) is 0 Å². The monoisotopic (exact) mass is 254 g/mol. The number of aromatic nitrogens is 2. The smallest absolute Gasteiger partial charge is 0.202 e. The van der Waals surface area contributed by atoms with E-state index in [4.69, 9.17) is 23.2 Å². The van der Waals surface area contributed by atoms with Crippen molar-refractivity contribution in [1.82, 2.24) is 9.97 Å². The second kappa shape index (κ2) is 4.68. The number of imidazole rings is 1. The molecule has 16 heavy (non-hydrogen) atoms. The molecule has 0 saturated heterocycles. The maximum Gasteiger partial charge on any atom is 0.202 e. The molecule has 1 N–H and O–H groups in total. The van der Waals surface area contributed by atoms with Crippen molar-refractivity contribution in [3.8, 4) is 0 Å². The van der Waals surface area contributed by atoms with Gasteiger partial charge in [0, 0.05) is 6.42 Å². The molecular formula is C11H8Cl2N2O. The van der Waals surface area contributed by atoms with E-state index in [0.29, 0.717) is 0 Å². The highest BCUT2D eigenvalue weighted by Crippen LogP contribution is 2.18. The number of nitrogens with zero attached hydrogens (tertiary/aromatic N) is 1. The van der Waals surface area contributed by atoms with Crippen LogP contribution in [0.2, 0.25) is 10.3 Å². The van der Waals surface area contributed by atoms with Gasteiger partial charge < -0.3 is 4.98 Å². The maximum atomic E-state index is 11.8. The van der Waals surface area contributed by atoms with Gasteiger partial charge in [0.25, 0.3) is 0 Å². The molecule has 0 fully saturated rings. The molecule has 0 aliphatic rings. The molecule has 1 aromatic heterocycles. The van der Waals surface area contributed by atoms with Crippen LogP contribution in [-0.4, -0.2) is 15.8 Å². The van der Waals surface area contributed by atoms with Crippen LogP contribution >= 0.6 is 23.2 Å². The molecule has 0 amide bonds. The number of hydrogen-bond acceptors (Lipinski definition) is 2. The molecule has 1 heterocycles. The van der Waals surface area contributed by atoms with Crippen LogP contribution in [0.5, 0.6) is 0 Å². The van der Waals surface area contributed by atoms with Gasteiger partial charge >= 0.3 is 0 Å². The van der Waals surface area contributed by atoms with Gasteiger partial charge in [0.15, 0.2) is 11.0 Å². The normalized spacial score (nSPS) is 10.4. The number of carbonyl (C=O) groups excluding carboxylic acids is 1. The maximum absolute atomic E-state index is 11.8. The minimum atomic E-state index is -0.139. The average molecular weight is 255 g/mol. The lowest BCUT2D eigenvalue weighted by atomic mass is 10.1. The van der Waals surface area contributed by atoms with Crippen LogP contribution in [0.25, 0.3) is 0 Å². The first kappa shape index (κ1) is 11.2. The highest BCUT2D eigenvalue weighted by atomic mass is 35.5. The SMILES string of the molecule is O=C(Cc1ccccc1)c1nc(Cl)c(Cl)[nH]1. The predicted molar refractivity (Wildman–Crippen MR) is 63.1 cm³/mol. The zero-order valence-corrected chi connectivity index (χ0v) is 9.72. The van der Waals surface area contributed by atoms with Gasteiger partial charge in [-0.1, -0.05) is 53.5 Å². The summed E-state index contributed by atoms with van der Waals surface area (Å²) in [6, 6.07) is 9.41. The summed E-state index contributed by atoms with van der Waals surface area (Å²) in [5, 5.41) is 0.316. The van der Waals surface area contributed by atoms with Gasteiger partial charge in [-0.3, -0.25) is 4.79 Å². The zero-order chi connectivity index (χ0) is 11.5. The second-order valence-corrected chi connectivity index (χ2v) is 4.01. The molecule has 0 aliphatic heterocycles. The second-order valence-electron chi connectivity index (χ2n) is 3.28. The first-order valence-electron chi connectivity index (χ1n) is 4.65. The summed E-state index contributed by atoms with van der Waals surface area (Å²) in [4.78, 5) is 18.2. The molecule has 3 nitrogen and oxygen atoms in total. The molecule has 0 saturated carbocycles. The lowest BCUT2D eigenvalue weighted by molar-refractivity contribution is 0.0984. The molecule has 2 aromatic rings. The van der Waals surface area contributed by atoms with E-state index in [9.17, 15) is 4.79 Å². The van der Waals surface area contributed by atoms with E-state index < -0.39 is 0 Å². The Hall–Kier alpha value is -1.32. The van der Waals surface area contributed by atoms with Crippen LogP contribution < -0.4 is 0 Å². The Morgan fingerprint density at radius 2 is 1.94 bits per heavy atom. The Bertz CT molecular complexity index is 488. The Kier molecular flexibility index (Phi) is 3.27. The highest BCUT2D eigenvalue weighted by Gasteiger charge is 2.13. The molecule has 0 atom stereocenters. The lowest BCUT2D eigenvalue weighted by Gasteiger charge is -1.97. The molecule has 5 heteroatoms. The van der Waals surface area contributed by atoms with Gasteiger partial charge in [0.2, 0.25) is 5.78 Å². The molecule has 1 aromatic carbocycles. The van der Waals surface area contributed by atoms with Gasteiger partial charge in [-0.25, -0.2) is 4.98 Å². The summed E-state index contributed by atoms with van der Waals surface area (Å²) in [7, 11) is 0. The molecule has 0 aliphatic carbocycles. The lowest BCUT2D eigenvalue weighted by Crippen LogP contribution is -2.05. The first-order valence-corrected chi connectivity index (χ1v) is 5.40. The fourth-order valence-electron chi connectivity index (χ4n) is 1.33. The number of nitrogens with one attached hydrogen (secondary N) is 1. The van der Waals surface area contributed by atoms with E-state index in [1.54, 1.807) is 0 Å². The van der Waals surface area contributed by atoms with Crippen molar-refractivity contribution in [1.29, 1.82) is 0 Å². The largest absolute Gasteiger partial charge is 0.325 e. The Balaban J connectivity index is 2.15. The van der Waals surface area contributed by atoms with Crippen molar-refractivity contribution in [3.63, 3.8) is 0 Å². The molecule has 0 spiro atoms. The third-order valence-corrected chi connectivity index (χ3v) is 2.73. The van der Waals surface area contributed by atoms with Crippen LogP contribution in [-0.2, 0) is 6.42 Å². The average Bonchev–Trinajstić information content (AvgIpc) is 2.61. The first-order chi connectivity index (χ1) is 7.66. The summed E-state index contributed by atoms with van der Waals surface area (Å²) >= 11 is 11.3. The summed E-state index contributed by atoms with van der Waals surface area (Å²) in [5.41, 5.74) is 0.927. The molecule has 82 valence electrons. The van der Waals surface area contributed by atoms with Crippen LogP contribution in [0.3, 0.4) is 0 Å². The van der Waals surface area contributed by atoms with Crippen LogP contribution in [0.1, 0.15) is 16.2 Å². The zero-order valence-electron chi connectivity index (χ0n) is 8.21. The van der Waals surface area contributed by atoms with Crippen LogP contribution in [0.4, 0.5) is 0 Å². The number of H-pyrrole nitrogens is 1. The number of aromatic amines is 1. The minimum absolute atomic E-state index is 0.123. The van der Waals surface area contributed by atoms with E-state index in [1.807, 2.05) is 30.3 Å². The number of benzene rings is 1. The summed E-state index contributed by atoms with van der Waals surface area (Å²) in [6.45, 7) is 0. The van der Waals surface area contributed by atoms with Gasteiger partial charge in [-0.2, -0.15) is 0 Å². The molecule has 0 bridgehead atoms. The fourth-order valence-corrected chi connectivity index (χ4v) is 1.59. The van der Waals surface area contributed by atoms with Gasteiger partial charge in [0.05, 0.1) is 0 Å². The van der Waals surface area contributed by atoms with Crippen molar-refractivity contribution in [3.05, 3.63) is 52.0 Å². The number of Topliss-reactive ketones (excluding diaryl/α,β-unsaturated/α-hetero) is 1. The number of halogens is 2. The highest BCUT2D eigenvalue weighted by molar-refractivity contribution is 6.40. The number of ketones is 1. The van der Waals surface area contributed by atoms with Gasteiger partial charge in [0.1, 0.15) is 5.15 Å². The standard InChI is InChI=1S/C11H8Cl2N2O/c12-9-10(13)15-11(14-9)8(16)6-7-4-2-1-3-5-7/h1-5H,6H2,(H,14,15). The van der Waals surface area contributed by atoms with Crippen molar-refractivity contribution in [2.45, 2.75) is 6.42 Å². The minimum Gasteiger partial charge on any atom is -0.325 e. The van der Waals surface area contributed by atoms with E-state index in [-0.39, 0.29) is 28.3 Å². The topological polar surface area (TPSA) is 45.8 Å². The van der Waals surface area contributed by atoms with E-state index >= 15 is 0 Å². The number of carbonyl (C=O) groups is 1. The van der Waals surface area contributed by atoms with Crippen molar-refractivity contribution >= 4 is 29.0 Å². The van der Waals surface area contributed by atoms with Crippen LogP contribution in [0.15, 0.2) is 30.3 Å². The van der Waals surface area contributed by atoms with Crippen molar-refractivity contribution in [2.24, 2.45) is 0 Å². The predicted octanol–water partition coefficient (Wildman–Crippen LogP) is 3.14. The van der Waals surface area contributed by atoms with E-state index in [2.05, 4.69) is 9.97 Å². The number of hydrogen-bond donors (Lipinski definition) is 1. The van der Waals surface area contributed by atoms with E-state index in [0.717, 1.165) is 5.56 Å². The third-order valence-electron chi connectivity index (χ3n) is 2.09. The van der Waals surface area contributed by atoms with Gasteiger partial charge in [-0.05, 0) is 5.56 Å². The molecular weight excluding hydrogens is 247 g/mol. The summed E-state index contributed by atoms with van der Waals surface area (Å²) in [5.74, 6) is 0.0545. The van der Waals surface area contributed by atoms with E-state index in [1.165, 1.54) is 0 Å². The Labute approximate surface area is 102 Å². The van der Waals surface area contributed by atoms with Gasteiger partial charge in [-0.15, -0.1) is 0 Å². The summed E-state index contributed by atoms with van der Waals surface area (Å²) in [6.07, 6.45) is 0.279. The Morgan fingerprint density at radius 3 is 2.50 bits per heavy atom. The molecule has 0 radical (unpaired) electrons. The van der Waals surface area contributed by atoms with Crippen molar-refractivity contribution < 1.29 is 4.79 Å². The quantitative estimate of drug-likeness (QED) is 0.856. The number of rotatable bonds is 3. The fraction of sp³-hybridized carbons (Fsp3) is 0.0909. The molecule has 2 rings (SSSR count). The Morgan fingerprint density at radius 1 is 1.25 bits per heavy atom. The summed E-state index contributed by atoms with van der Waals surface area (Å²) < 4.78 is 0.